The molecule has 96 valence electrons. The summed E-state index contributed by atoms with van der Waals surface area (Å²) in [5, 5.41) is 4.77. The average Bonchev–Trinajstić information content (AvgIpc) is 2.32. The van der Waals surface area contributed by atoms with E-state index in [0.29, 0.717) is 12.0 Å². The first kappa shape index (κ1) is 13.9. The summed E-state index contributed by atoms with van der Waals surface area (Å²) >= 11 is 0. The molecule has 0 aromatic rings. The summed E-state index contributed by atoms with van der Waals surface area (Å²) in [6, 6.07) is -0.637. The Balaban J connectivity index is 2.56. The third kappa shape index (κ3) is 4.01. The van der Waals surface area contributed by atoms with Gasteiger partial charge in [-0.15, -0.1) is 0 Å². The Morgan fingerprint density at radius 3 is 2.78 bits per heavy atom. The molecule has 0 saturated carbocycles. The van der Waals surface area contributed by atoms with Gasteiger partial charge < -0.3 is 5.32 Å². The molecule has 18 heavy (non-hydrogen) atoms. The zero-order chi connectivity index (χ0) is 13.5. The lowest BCUT2D eigenvalue weighted by molar-refractivity contribution is -0.136. The van der Waals surface area contributed by atoms with Crippen LogP contribution in [-0.2, 0) is 14.4 Å². The maximum Gasteiger partial charge on any atom is 0.249 e. The van der Waals surface area contributed by atoms with E-state index in [4.69, 9.17) is 0 Å². The maximum absolute atomic E-state index is 11.7. The Hall–Kier alpha value is -2.17. The van der Waals surface area contributed by atoms with Crippen LogP contribution < -0.4 is 10.6 Å². The monoisotopic (exact) mass is 248 g/mol. The molecule has 3 amide bonds. The number of hydrogen-bond donors (Lipinski definition) is 2. The van der Waals surface area contributed by atoms with E-state index >= 15 is 0 Å². The van der Waals surface area contributed by atoms with Gasteiger partial charge in [0, 0.05) is 12.0 Å². The first-order valence-corrected chi connectivity index (χ1v) is 5.65. The normalized spacial score (nSPS) is 20.7. The number of carbonyl (C=O) groups excluding carboxylic acids is 3. The predicted octanol–water partition coefficient (Wildman–Crippen LogP) is 0.596. The van der Waals surface area contributed by atoms with Crippen molar-refractivity contribution in [3.63, 3.8) is 0 Å². The highest BCUT2D eigenvalue weighted by Crippen LogP contribution is 2.05. The maximum atomic E-state index is 11.7. The highest BCUT2D eigenvalue weighted by molar-refractivity contribution is 6.03. The van der Waals surface area contributed by atoms with Gasteiger partial charge in [-0.3, -0.25) is 19.7 Å². The number of allylic oxidation sites excluding steroid dienone is 4. The standard InChI is InChI=1S/C13H16N2O3/c1-3-4-5-6-9(2)12(17)14-10-7-8-11(16)15-13(10)18/h3-6,10H,1,7-8H2,2H3,(H,14,17)(H,15,16,18)/b5-4-,9-6+. The number of hydrogen-bond acceptors (Lipinski definition) is 3. The molecule has 1 heterocycles. The molecular weight excluding hydrogens is 232 g/mol. The molecule has 0 spiro atoms. The molecule has 5 heteroatoms. The molecule has 0 bridgehead atoms. The van der Waals surface area contributed by atoms with Crippen molar-refractivity contribution in [1.29, 1.82) is 0 Å². The Morgan fingerprint density at radius 2 is 2.17 bits per heavy atom. The lowest BCUT2D eigenvalue weighted by Crippen LogP contribution is -2.52. The molecule has 1 saturated heterocycles. The Bertz CT molecular complexity index is 436. The van der Waals surface area contributed by atoms with Crippen molar-refractivity contribution >= 4 is 17.7 Å². The van der Waals surface area contributed by atoms with Crippen molar-refractivity contribution in [3.05, 3.63) is 36.5 Å². The fraction of sp³-hybridized carbons (Fsp3) is 0.308. The van der Waals surface area contributed by atoms with Crippen LogP contribution in [0.4, 0.5) is 0 Å². The summed E-state index contributed by atoms with van der Waals surface area (Å²) in [6.45, 7) is 5.16. The molecule has 1 aliphatic heterocycles. The Morgan fingerprint density at radius 1 is 1.44 bits per heavy atom. The minimum Gasteiger partial charge on any atom is -0.340 e. The van der Waals surface area contributed by atoms with Gasteiger partial charge in [0.05, 0.1) is 0 Å². The van der Waals surface area contributed by atoms with Gasteiger partial charge in [0.25, 0.3) is 0 Å². The Labute approximate surface area is 106 Å². The van der Waals surface area contributed by atoms with Crippen molar-refractivity contribution in [2.24, 2.45) is 0 Å². The number of amides is 3. The quantitative estimate of drug-likeness (QED) is 0.434. The molecular formula is C13H16N2O3. The van der Waals surface area contributed by atoms with Crippen molar-refractivity contribution in [2.45, 2.75) is 25.8 Å². The summed E-state index contributed by atoms with van der Waals surface area (Å²) in [6.07, 6.45) is 7.20. The van der Waals surface area contributed by atoms with Crippen molar-refractivity contribution in [3.8, 4) is 0 Å². The molecule has 1 fully saturated rings. The largest absolute Gasteiger partial charge is 0.340 e. The van der Waals surface area contributed by atoms with E-state index in [-0.39, 0.29) is 18.2 Å². The molecule has 0 radical (unpaired) electrons. The van der Waals surface area contributed by atoms with Gasteiger partial charge in [-0.05, 0) is 13.3 Å². The summed E-state index contributed by atoms with van der Waals surface area (Å²) < 4.78 is 0. The van der Waals surface area contributed by atoms with Crippen LogP contribution in [0, 0.1) is 0 Å². The molecule has 2 N–H and O–H groups in total. The van der Waals surface area contributed by atoms with Gasteiger partial charge in [-0.1, -0.05) is 30.9 Å². The minimum atomic E-state index is -0.637. The molecule has 0 aromatic heterocycles. The zero-order valence-electron chi connectivity index (χ0n) is 10.2. The molecule has 1 rings (SSSR count). The first-order valence-electron chi connectivity index (χ1n) is 5.65. The summed E-state index contributed by atoms with van der Waals surface area (Å²) in [5.41, 5.74) is 0.484. The van der Waals surface area contributed by atoms with Crippen molar-refractivity contribution in [2.75, 3.05) is 0 Å². The molecule has 1 unspecified atom stereocenters. The summed E-state index contributed by atoms with van der Waals surface area (Å²) in [5.74, 6) is -1.07. The third-order valence-electron chi connectivity index (χ3n) is 2.50. The molecule has 1 atom stereocenters. The summed E-state index contributed by atoms with van der Waals surface area (Å²) in [4.78, 5) is 34.1. The van der Waals surface area contributed by atoms with Crippen LogP contribution in [0.2, 0.25) is 0 Å². The molecule has 5 nitrogen and oxygen atoms in total. The minimum absolute atomic E-state index is 0.246. The SMILES string of the molecule is C=C/C=C\C=C(/C)C(=O)NC1CCC(=O)NC1=O. The lowest BCUT2D eigenvalue weighted by atomic mass is 10.1. The van der Waals surface area contributed by atoms with Crippen LogP contribution in [-0.4, -0.2) is 23.8 Å². The average molecular weight is 248 g/mol. The first-order chi connectivity index (χ1) is 8.54. The smallest absolute Gasteiger partial charge is 0.249 e. The van der Waals surface area contributed by atoms with Crippen LogP contribution in [0.1, 0.15) is 19.8 Å². The van der Waals surface area contributed by atoms with Crippen LogP contribution in [0.25, 0.3) is 0 Å². The highest BCUT2D eigenvalue weighted by atomic mass is 16.2. The van der Waals surface area contributed by atoms with E-state index in [1.165, 1.54) is 0 Å². The van der Waals surface area contributed by atoms with E-state index in [1.807, 2.05) is 0 Å². The van der Waals surface area contributed by atoms with Gasteiger partial charge in [-0.2, -0.15) is 0 Å². The molecule has 0 aromatic carbocycles. The third-order valence-corrected chi connectivity index (χ3v) is 2.50. The topological polar surface area (TPSA) is 75.3 Å². The highest BCUT2D eigenvalue weighted by Gasteiger charge is 2.27. The van der Waals surface area contributed by atoms with E-state index < -0.39 is 11.9 Å². The van der Waals surface area contributed by atoms with Crippen LogP contribution in [0.15, 0.2) is 36.5 Å². The van der Waals surface area contributed by atoms with Crippen LogP contribution >= 0.6 is 0 Å². The number of carbonyl (C=O) groups is 3. The molecule has 0 aliphatic carbocycles. The van der Waals surface area contributed by atoms with E-state index in [0.717, 1.165) is 0 Å². The van der Waals surface area contributed by atoms with Crippen LogP contribution in [0.5, 0.6) is 0 Å². The number of rotatable bonds is 4. The van der Waals surface area contributed by atoms with E-state index in [9.17, 15) is 14.4 Å². The number of piperidine rings is 1. The van der Waals surface area contributed by atoms with Gasteiger partial charge >= 0.3 is 0 Å². The second kappa shape index (κ2) is 6.54. The van der Waals surface area contributed by atoms with Gasteiger partial charge in [0.1, 0.15) is 6.04 Å². The fourth-order valence-corrected chi connectivity index (χ4v) is 1.46. The van der Waals surface area contributed by atoms with E-state index in [2.05, 4.69) is 17.2 Å². The van der Waals surface area contributed by atoms with Crippen LogP contribution in [0.3, 0.4) is 0 Å². The molecule has 1 aliphatic rings. The van der Waals surface area contributed by atoms with Gasteiger partial charge in [-0.25, -0.2) is 0 Å². The second-order valence-corrected chi connectivity index (χ2v) is 3.95. The number of imide groups is 1. The number of nitrogens with one attached hydrogen (secondary N) is 2. The zero-order valence-corrected chi connectivity index (χ0v) is 10.2. The van der Waals surface area contributed by atoms with Gasteiger partial charge in [0.15, 0.2) is 0 Å². The fourth-order valence-electron chi connectivity index (χ4n) is 1.46. The van der Waals surface area contributed by atoms with Crippen molar-refractivity contribution < 1.29 is 14.4 Å². The van der Waals surface area contributed by atoms with Gasteiger partial charge in [0.2, 0.25) is 17.7 Å². The van der Waals surface area contributed by atoms with E-state index in [1.54, 1.807) is 31.2 Å². The van der Waals surface area contributed by atoms with Crippen molar-refractivity contribution in [1.82, 2.24) is 10.6 Å². The summed E-state index contributed by atoms with van der Waals surface area (Å²) in [7, 11) is 0. The second-order valence-electron chi connectivity index (χ2n) is 3.95. The Kier molecular flexibility index (Phi) is 5.05. The predicted molar refractivity (Wildman–Crippen MR) is 67.4 cm³/mol. The lowest BCUT2D eigenvalue weighted by Gasteiger charge is -2.21.